The number of benzene rings is 2. The quantitative estimate of drug-likeness (QED) is 0.590. The van der Waals surface area contributed by atoms with Gasteiger partial charge in [-0.05, 0) is 42.3 Å². The van der Waals surface area contributed by atoms with Gasteiger partial charge in [-0.2, -0.15) is 5.26 Å². The Labute approximate surface area is 190 Å². The van der Waals surface area contributed by atoms with Gasteiger partial charge in [-0.25, -0.2) is 4.79 Å². The predicted octanol–water partition coefficient (Wildman–Crippen LogP) is 1.89. The van der Waals surface area contributed by atoms with Crippen LogP contribution in [0.15, 0.2) is 46.0 Å². The number of carbonyl (C=O) groups is 1. The molecule has 0 spiro atoms. The van der Waals surface area contributed by atoms with Gasteiger partial charge < -0.3 is 14.4 Å². The highest BCUT2D eigenvalue weighted by molar-refractivity contribution is 5.80. The Kier molecular flexibility index (Phi) is 5.92. The molecule has 9 heteroatoms. The minimum Gasteiger partial charge on any atom is -0.493 e. The monoisotopic (exact) mass is 448 g/mol. The molecule has 170 valence electrons. The fourth-order valence-electron chi connectivity index (χ4n) is 4.34. The Balaban J connectivity index is 1.90. The van der Waals surface area contributed by atoms with Crippen molar-refractivity contribution in [3.8, 4) is 17.6 Å². The number of carbonyl (C=O) groups excluding carboxylic acids is 1. The van der Waals surface area contributed by atoms with Gasteiger partial charge in [0.2, 0.25) is 5.91 Å². The molecule has 1 aliphatic heterocycles. The van der Waals surface area contributed by atoms with Gasteiger partial charge in [0.1, 0.15) is 0 Å². The molecule has 0 N–H and O–H groups in total. The Morgan fingerprint density at radius 1 is 1.12 bits per heavy atom. The molecule has 1 unspecified atom stereocenters. The van der Waals surface area contributed by atoms with E-state index >= 15 is 0 Å². The molecule has 9 nitrogen and oxygen atoms in total. The van der Waals surface area contributed by atoms with Gasteiger partial charge in [0.05, 0.1) is 49.3 Å². The lowest BCUT2D eigenvalue weighted by molar-refractivity contribution is -0.127. The minimum atomic E-state index is -0.473. The van der Waals surface area contributed by atoms with Crippen molar-refractivity contribution in [3.63, 3.8) is 0 Å². The Morgan fingerprint density at radius 3 is 2.52 bits per heavy atom. The Hall–Kier alpha value is -4.06. The first kappa shape index (κ1) is 22.1. The first-order valence-electron chi connectivity index (χ1n) is 10.5. The Bertz CT molecular complexity index is 1400. The molecule has 0 aliphatic carbocycles. The third-order valence-electron chi connectivity index (χ3n) is 6.06. The third-order valence-corrected chi connectivity index (χ3v) is 6.06. The summed E-state index contributed by atoms with van der Waals surface area (Å²) in [7, 11) is 3.05. The first-order valence-corrected chi connectivity index (χ1v) is 10.5. The molecular weight excluding hydrogens is 424 g/mol. The van der Waals surface area contributed by atoms with Gasteiger partial charge in [0.15, 0.2) is 11.5 Å². The number of fused-ring (bicyclic) bond motifs is 1. The average Bonchev–Trinajstić information content (AvgIpc) is 3.31. The first-order chi connectivity index (χ1) is 15.9. The molecule has 1 aliphatic rings. The number of nitrogens with zero attached hydrogens (tertiary/aromatic N) is 4. The van der Waals surface area contributed by atoms with Crippen molar-refractivity contribution in [2.24, 2.45) is 0 Å². The number of methoxy groups -OCH3 is 2. The highest BCUT2D eigenvalue weighted by atomic mass is 16.5. The summed E-state index contributed by atoms with van der Waals surface area (Å²) in [5.74, 6) is 0.975. The van der Waals surface area contributed by atoms with Gasteiger partial charge in [-0.3, -0.25) is 18.7 Å². The lowest BCUT2D eigenvalue weighted by Crippen LogP contribution is -2.42. The number of nitriles is 1. The second kappa shape index (κ2) is 8.82. The topological polar surface area (TPSA) is 107 Å². The second-order valence-electron chi connectivity index (χ2n) is 7.98. The third kappa shape index (κ3) is 3.96. The fraction of sp³-hybridized carbons (Fsp3) is 0.333. The van der Waals surface area contributed by atoms with E-state index in [9.17, 15) is 19.6 Å². The van der Waals surface area contributed by atoms with Gasteiger partial charge in [0.25, 0.3) is 5.56 Å². The summed E-state index contributed by atoms with van der Waals surface area (Å²) in [6.45, 7) is 2.45. The zero-order valence-electron chi connectivity index (χ0n) is 18.7. The van der Waals surface area contributed by atoms with Gasteiger partial charge >= 0.3 is 5.69 Å². The van der Waals surface area contributed by atoms with Crippen LogP contribution in [-0.2, 0) is 11.3 Å². The summed E-state index contributed by atoms with van der Waals surface area (Å²) < 4.78 is 13.4. The molecule has 0 radical (unpaired) electrons. The van der Waals surface area contributed by atoms with Crippen LogP contribution in [0.1, 0.15) is 30.5 Å². The lowest BCUT2D eigenvalue weighted by Gasteiger charge is -2.20. The molecule has 0 saturated carbocycles. The SMILES string of the molecule is COc1ccc(Cn2c(=O)c3cc(C#N)ccc3n(C3CCN(C(C)=O)C3)c2=O)cc1OC. The second-order valence-corrected chi connectivity index (χ2v) is 7.98. The largest absolute Gasteiger partial charge is 0.493 e. The maximum Gasteiger partial charge on any atom is 0.332 e. The lowest BCUT2D eigenvalue weighted by atomic mass is 10.1. The van der Waals surface area contributed by atoms with E-state index in [0.29, 0.717) is 47.7 Å². The maximum absolute atomic E-state index is 13.6. The molecule has 33 heavy (non-hydrogen) atoms. The van der Waals surface area contributed by atoms with Crippen molar-refractivity contribution in [2.45, 2.75) is 25.9 Å². The van der Waals surface area contributed by atoms with Crippen LogP contribution in [0.4, 0.5) is 0 Å². The van der Waals surface area contributed by atoms with E-state index in [2.05, 4.69) is 0 Å². The molecule has 4 rings (SSSR count). The molecule has 1 amide bonds. The normalized spacial score (nSPS) is 15.5. The zero-order chi connectivity index (χ0) is 23.7. The summed E-state index contributed by atoms with van der Waals surface area (Å²) in [4.78, 5) is 40.5. The number of amides is 1. The van der Waals surface area contributed by atoms with E-state index in [1.165, 1.54) is 31.8 Å². The van der Waals surface area contributed by atoms with Crippen molar-refractivity contribution in [1.29, 1.82) is 5.26 Å². The molecule has 2 heterocycles. The predicted molar refractivity (Wildman–Crippen MR) is 122 cm³/mol. The van der Waals surface area contributed by atoms with E-state index in [1.807, 2.05) is 6.07 Å². The van der Waals surface area contributed by atoms with Crippen molar-refractivity contribution >= 4 is 16.8 Å². The molecule has 3 aromatic rings. The van der Waals surface area contributed by atoms with Crippen LogP contribution in [-0.4, -0.2) is 47.3 Å². The van der Waals surface area contributed by atoms with E-state index < -0.39 is 11.2 Å². The molecule has 1 fully saturated rings. The summed E-state index contributed by atoms with van der Waals surface area (Å²) in [6, 6.07) is 11.7. The molecule has 1 atom stereocenters. The highest BCUT2D eigenvalue weighted by Crippen LogP contribution is 2.28. The molecule has 1 saturated heterocycles. The van der Waals surface area contributed by atoms with E-state index in [0.717, 1.165) is 0 Å². The fourth-order valence-corrected chi connectivity index (χ4v) is 4.34. The number of likely N-dealkylation sites (tertiary alicyclic amines) is 1. The average molecular weight is 448 g/mol. The van der Waals surface area contributed by atoms with Crippen molar-refractivity contribution in [3.05, 3.63) is 68.4 Å². The van der Waals surface area contributed by atoms with Gasteiger partial charge in [-0.15, -0.1) is 0 Å². The van der Waals surface area contributed by atoms with Crippen molar-refractivity contribution in [1.82, 2.24) is 14.0 Å². The van der Waals surface area contributed by atoms with Crippen LogP contribution in [0.25, 0.3) is 10.9 Å². The molecule has 1 aromatic heterocycles. The standard InChI is InChI=1S/C24H24N4O5/c1-15(29)26-9-8-18(14-26)28-20-6-4-16(12-25)10-19(20)23(30)27(24(28)31)13-17-5-7-21(32-2)22(11-17)33-3/h4-7,10-11,18H,8-9,13-14H2,1-3H3. The van der Waals surface area contributed by atoms with Crippen LogP contribution >= 0.6 is 0 Å². The summed E-state index contributed by atoms with van der Waals surface area (Å²) in [5, 5.41) is 9.62. The van der Waals surface area contributed by atoms with Gasteiger partial charge in [0, 0.05) is 20.0 Å². The number of rotatable bonds is 5. The summed E-state index contributed by atoms with van der Waals surface area (Å²) in [6.07, 6.45) is 0.600. The van der Waals surface area contributed by atoms with Crippen molar-refractivity contribution < 1.29 is 14.3 Å². The van der Waals surface area contributed by atoms with Crippen LogP contribution in [0.3, 0.4) is 0 Å². The van der Waals surface area contributed by atoms with Crippen LogP contribution in [0, 0.1) is 11.3 Å². The number of hydrogen-bond donors (Lipinski definition) is 0. The summed E-state index contributed by atoms with van der Waals surface area (Å²) in [5.41, 5.74) is 0.551. The van der Waals surface area contributed by atoms with E-state index in [4.69, 9.17) is 9.47 Å². The summed E-state index contributed by atoms with van der Waals surface area (Å²) >= 11 is 0. The molecule has 0 bridgehead atoms. The van der Waals surface area contributed by atoms with Gasteiger partial charge in [-0.1, -0.05) is 6.07 Å². The number of ether oxygens (including phenoxy) is 2. The van der Waals surface area contributed by atoms with Crippen molar-refractivity contribution in [2.75, 3.05) is 27.3 Å². The van der Waals surface area contributed by atoms with Crippen LogP contribution in [0.5, 0.6) is 11.5 Å². The zero-order valence-corrected chi connectivity index (χ0v) is 18.7. The van der Waals surface area contributed by atoms with E-state index in [-0.39, 0.29) is 23.9 Å². The van der Waals surface area contributed by atoms with E-state index in [1.54, 1.807) is 39.8 Å². The van der Waals surface area contributed by atoms with Crippen LogP contribution in [0.2, 0.25) is 0 Å². The Morgan fingerprint density at radius 2 is 1.88 bits per heavy atom. The minimum absolute atomic E-state index is 0.0217. The molecular formula is C24H24N4O5. The van der Waals surface area contributed by atoms with Crippen LogP contribution < -0.4 is 20.7 Å². The number of hydrogen-bond acceptors (Lipinski definition) is 6. The maximum atomic E-state index is 13.6. The number of aromatic nitrogens is 2. The highest BCUT2D eigenvalue weighted by Gasteiger charge is 2.29. The smallest absolute Gasteiger partial charge is 0.332 e. The molecule has 2 aromatic carbocycles.